The number of benzene rings is 1. The first-order chi connectivity index (χ1) is 12.0. The predicted molar refractivity (Wildman–Crippen MR) is 85.3 cm³/mol. The Hall–Kier alpha value is -1.90. The molecular weight excluding hydrogens is 363 g/mol. The van der Waals surface area contributed by atoms with Crippen molar-refractivity contribution in [2.75, 3.05) is 13.7 Å². The van der Waals surface area contributed by atoms with Crippen molar-refractivity contribution in [3.05, 3.63) is 29.3 Å². The van der Waals surface area contributed by atoms with Crippen LogP contribution < -0.4 is 4.74 Å². The Morgan fingerprint density at radius 2 is 1.81 bits per heavy atom. The van der Waals surface area contributed by atoms with E-state index in [2.05, 4.69) is 0 Å². The van der Waals surface area contributed by atoms with Crippen molar-refractivity contribution in [2.45, 2.75) is 45.4 Å². The molecule has 2 rings (SSSR count). The van der Waals surface area contributed by atoms with E-state index in [-0.39, 0.29) is 24.4 Å². The summed E-state index contributed by atoms with van der Waals surface area (Å²) in [5.74, 6) is -4.39. The summed E-state index contributed by atoms with van der Waals surface area (Å²) in [7, 11) is 1.14. The minimum atomic E-state index is -4.55. The van der Waals surface area contributed by atoms with Crippen molar-refractivity contribution in [3.63, 3.8) is 0 Å². The monoisotopic (exact) mass is 386 g/mol. The maximum Gasteiger partial charge on any atom is 0.417 e. The van der Waals surface area contributed by atoms with Crippen molar-refractivity contribution in [3.8, 4) is 5.75 Å². The molecule has 9 heteroatoms. The van der Waals surface area contributed by atoms with Gasteiger partial charge in [0.25, 0.3) is 6.47 Å². The summed E-state index contributed by atoms with van der Waals surface area (Å²) in [5.41, 5.74) is -2.15. The van der Waals surface area contributed by atoms with Gasteiger partial charge in [-0.1, -0.05) is 26.8 Å². The van der Waals surface area contributed by atoms with Crippen molar-refractivity contribution >= 4 is 6.47 Å². The van der Waals surface area contributed by atoms with Crippen LogP contribution >= 0.6 is 0 Å². The van der Waals surface area contributed by atoms with Gasteiger partial charge in [0.15, 0.2) is 17.2 Å². The molecule has 0 bridgehead atoms. The number of carboxylic acid groups (broad SMARTS) is 1. The van der Waals surface area contributed by atoms with Crippen LogP contribution in [0.2, 0.25) is 0 Å². The first-order valence-corrected chi connectivity index (χ1v) is 7.85. The second-order valence-corrected chi connectivity index (χ2v) is 5.40. The Bertz CT molecular complexity index is 591. The molecule has 1 aliphatic heterocycles. The number of alkyl halides is 3. The summed E-state index contributed by atoms with van der Waals surface area (Å²) in [5, 5.41) is 6.89. The maximum atomic E-state index is 13.7. The second kappa shape index (κ2) is 9.70. The van der Waals surface area contributed by atoms with Crippen molar-refractivity contribution in [1.82, 2.24) is 0 Å². The van der Waals surface area contributed by atoms with E-state index in [1.807, 2.05) is 13.8 Å². The number of carbonyl (C=O) groups is 1. The number of hydrogen-bond acceptors (Lipinski definition) is 3. The highest BCUT2D eigenvalue weighted by Gasteiger charge is 2.61. The topological polar surface area (TPSA) is 55.8 Å². The van der Waals surface area contributed by atoms with Crippen LogP contribution in [0, 0.1) is 17.6 Å². The molecule has 0 saturated carbocycles. The summed E-state index contributed by atoms with van der Waals surface area (Å²) in [6, 6.07) is 2.12. The normalized spacial score (nSPS) is 24.7. The van der Waals surface area contributed by atoms with Crippen molar-refractivity contribution in [2.24, 2.45) is 5.92 Å². The number of rotatable bonds is 2. The van der Waals surface area contributed by atoms with Gasteiger partial charge >= 0.3 is 6.18 Å². The van der Waals surface area contributed by atoms with Gasteiger partial charge in [0.2, 0.25) is 5.82 Å². The van der Waals surface area contributed by atoms with Crippen LogP contribution in [0.4, 0.5) is 22.0 Å². The van der Waals surface area contributed by atoms with Crippen LogP contribution in [0.1, 0.15) is 39.2 Å². The van der Waals surface area contributed by atoms with Gasteiger partial charge in [0, 0.05) is 17.4 Å². The molecule has 1 aromatic carbocycles. The highest BCUT2D eigenvalue weighted by atomic mass is 19.4. The SMILES string of the molecule is CC.COc1c(C2CO[C@@](C)(C(F)(F)F)C2C)ccc(F)c1F.O=CO. The molecule has 4 nitrogen and oxygen atoms in total. The molecule has 1 aromatic rings. The van der Waals surface area contributed by atoms with E-state index in [0.717, 1.165) is 20.1 Å². The van der Waals surface area contributed by atoms with Gasteiger partial charge in [-0.3, -0.25) is 4.79 Å². The van der Waals surface area contributed by atoms with Gasteiger partial charge in [-0.05, 0) is 13.0 Å². The minimum Gasteiger partial charge on any atom is -0.493 e. The van der Waals surface area contributed by atoms with E-state index in [4.69, 9.17) is 19.4 Å². The van der Waals surface area contributed by atoms with Crippen LogP contribution in [0.5, 0.6) is 5.75 Å². The van der Waals surface area contributed by atoms with Crippen LogP contribution in [-0.2, 0) is 9.53 Å². The molecular formula is C17H23F5O4. The number of halogens is 5. The van der Waals surface area contributed by atoms with E-state index in [1.165, 1.54) is 13.0 Å². The average Bonchev–Trinajstić information content (AvgIpc) is 2.89. The number of hydrogen-bond donors (Lipinski definition) is 1. The van der Waals surface area contributed by atoms with Crippen LogP contribution in [-0.4, -0.2) is 37.1 Å². The van der Waals surface area contributed by atoms with E-state index in [0.29, 0.717) is 0 Å². The smallest absolute Gasteiger partial charge is 0.417 e. The third-order valence-corrected chi connectivity index (χ3v) is 4.28. The summed E-state index contributed by atoms with van der Waals surface area (Å²) in [6.45, 7) is 5.86. The molecule has 0 amide bonds. The predicted octanol–water partition coefficient (Wildman–Crippen LogP) is 4.77. The van der Waals surface area contributed by atoms with Crippen molar-refractivity contribution in [1.29, 1.82) is 0 Å². The molecule has 2 unspecified atom stereocenters. The van der Waals surface area contributed by atoms with Gasteiger partial charge in [0.1, 0.15) is 0 Å². The average molecular weight is 386 g/mol. The molecule has 0 radical (unpaired) electrons. The quantitative estimate of drug-likeness (QED) is 0.588. The van der Waals surface area contributed by atoms with E-state index in [9.17, 15) is 22.0 Å². The van der Waals surface area contributed by atoms with Gasteiger partial charge in [-0.25, -0.2) is 4.39 Å². The first kappa shape index (κ1) is 24.1. The van der Waals surface area contributed by atoms with E-state index < -0.39 is 35.2 Å². The summed E-state index contributed by atoms with van der Waals surface area (Å²) < 4.78 is 76.0. The van der Waals surface area contributed by atoms with Gasteiger partial charge in [-0.2, -0.15) is 17.6 Å². The Kier molecular flexibility index (Phi) is 8.99. The van der Waals surface area contributed by atoms with Gasteiger partial charge in [-0.15, -0.1) is 0 Å². The lowest BCUT2D eigenvalue weighted by molar-refractivity contribution is -0.266. The molecule has 1 aliphatic rings. The summed E-state index contributed by atoms with van der Waals surface area (Å²) in [4.78, 5) is 8.36. The lowest BCUT2D eigenvalue weighted by Crippen LogP contribution is -2.46. The Morgan fingerprint density at radius 3 is 2.19 bits per heavy atom. The summed E-state index contributed by atoms with van der Waals surface area (Å²) in [6.07, 6.45) is -4.55. The van der Waals surface area contributed by atoms with Gasteiger partial charge < -0.3 is 14.6 Å². The Morgan fingerprint density at radius 1 is 1.31 bits per heavy atom. The molecule has 3 atom stereocenters. The first-order valence-electron chi connectivity index (χ1n) is 7.85. The molecule has 1 heterocycles. The molecule has 0 aromatic heterocycles. The Balaban J connectivity index is 0.00000113. The number of methoxy groups -OCH3 is 1. The van der Waals surface area contributed by atoms with Crippen LogP contribution in [0.15, 0.2) is 12.1 Å². The maximum absolute atomic E-state index is 13.7. The van der Waals surface area contributed by atoms with Crippen molar-refractivity contribution < 1.29 is 41.3 Å². The zero-order chi connectivity index (χ0) is 20.7. The molecule has 1 N–H and O–H groups in total. The molecule has 1 fully saturated rings. The zero-order valence-electron chi connectivity index (χ0n) is 15.2. The standard InChI is InChI=1S/C14H15F5O2.C2H6.CH2O2/c1-7-9(6-21-13(7,2)14(17,18)19)8-4-5-10(15)11(16)12(8)20-3;1-2;2-1-3/h4-5,7,9H,6H2,1-3H3;1-2H3;1H,(H,2,3)/t7?,9?,13-;;/m1../s1. The fraction of sp³-hybridized carbons (Fsp3) is 0.588. The number of ether oxygens (including phenoxy) is 2. The fourth-order valence-corrected chi connectivity index (χ4v) is 2.67. The minimum absolute atomic E-state index is 0.178. The lowest BCUT2D eigenvalue weighted by Gasteiger charge is -2.32. The van der Waals surface area contributed by atoms with E-state index >= 15 is 0 Å². The third kappa shape index (κ3) is 4.63. The highest BCUT2D eigenvalue weighted by Crippen LogP contribution is 2.51. The summed E-state index contributed by atoms with van der Waals surface area (Å²) >= 11 is 0. The molecule has 26 heavy (non-hydrogen) atoms. The molecule has 0 aliphatic carbocycles. The largest absolute Gasteiger partial charge is 0.493 e. The third-order valence-electron chi connectivity index (χ3n) is 4.28. The highest BCUT2D eigenvalue weighted by molar-refractivity contribution is 5.40. The van der Waals surface area contributed by atoms with Crippen LogP contribution in [0.3, 0.4) is 0 Å². The molecule has 150 valence electrons. The fourth-order valence-electron chi connectivity index (χ4n) is 2.67. The van der Waals surface area contributed by atoms with Gasteiger partial charge in [0.05, 0.1) is 13.7 Å². The van der Waals surface area contributed by atoms with Crippen LogP contribution in [0.25, 0.3) is 0 Å². The Labute approximate surface area is 148 Å². The molecule has 1 saturated heterocycles. The lowest BCUT2D eigenvalue weighted by atomic mass is 9.79. The second-order valence-electron chi connectivity index (χ2n) is 5.40. The molecule has 0 spiro atoms. The zero-order valence-corrected chi connectivity index (χ0v) is 15.2. The van der Waals surface area contributed by atoms with E-state index in [1.54, 1.807) is 0 Å².